The lowest BCUT2D eigenvalue weighted by atomic mass is 10.1. The number of para-hydroxylation sites is 1. The monoisotopic (exact) mass is 387 g/mol. The Kier molecular flexibility index (Phi) is 4.05. The molecule has 1 aromatic carbocycles. The zero-order valence-electron chi connectivity index (χ0n) is 15.4. The van der Waals surface area contributed by atoms with Gasteiger partial charge in [0.2, 0.25) is 11.9 Å². The van der Waals surface area contributed by atoms with Gasteiger partial charge in [-0.25, -0.2) is 9.97 Å². The molecule has 1 aliphatic heterocycles. The van der Waals surface area contributed by atoms with E-state index in [1.807, 2.05) is 6.07 Å². The molecule has 1 amide bonds. The summed E-state index contributed by atoms with van der Waals surface area (Å²) in [5.74, 6) is 0.782. The highest BCUT2D eigenvalue weighted by Crippen LogP contribution is 2.26. The molecule has 0 bridgehead atoms. The van der Waals surface area contributed by atoms with Gasteiger partial charge in [-0.05, 0) is 31.4 Å². The minimum atomic E-state index is -0.429. The molecule has 3 N–H and O–H groups in total. The fourth-order valence-corrected chi connectivity index (χ4v) is 3.54. The normalized spacial score (nSPS) is 17.1. The van der Waals surface area contributed by atoms with Gasteiger partial charge in [-0.15, -0.1) is 5.10 Å². The number of fused-ring (bicyclic) bond motifs is 3. The van der Waals surface area contributed by atoms with Crippen molar-refractivity contribution in [2.75, 3.05) is 11.9 Å². The summed E-state index contributed by atoms with van der Waals surface area (Å²) in [5, 5.41) is 27.7. The van der Waals surface area contributed by atoms with E-state index in [1.165, 1.54) is 0 Å². The lowest BCUT2D eigenvalue weighted by Gasteiger charge is -2.16. The maximum atomic E-state index is 12.4. The van der Waals surface area contributed by atoms with Crippen LogP contribution in [0.5, 0.6) is 0 Å². The number of aromatic amines is 1. The first kappa shape index (κ1) is 17.1. The highest BCUT2D eigenvalue weighted by atomic mass is 16.2. The lowest BCUT2D eigenvalue weighted by molar-refractivity contribution is -0.121. The molecule has 4 aromatic rings. The molecule has 5 rings (SSSR count). The molecule has 10 heteroatoms. The Morgan fingerprint density at radius 2 is 2.21 bits per heavy atom. The molecule has 4 heterocycles. The van der Waals surface area contributed by atoms with E-state index >= 15 is 0 Å². The number of nitrogens with one attached hydrogen (secondary N) is 3. The summed E-state index contributed by atoms with van der Waals surface area (Å²) in [7, 11) is 0. The number of aromatic nitrogens is 6. The van der Waals surface area contributed by atoms with E-state index in [0.29, 0.717) is 46.9 Å². The summed E-state index contributed by atoms with van der Waals surface area (Å²) in [6.07, 6.45) is 5.90. The number of H-pyrrole nitrogens is 1. The van der Waals surface area contributed by atoms with Gasteiger partial charge in [0, 0.05) is 18.1 Å². The predicted octanol–water partition coefficient (Wildman–Crippen LogP) is 1.62. The van der Waals surface area contributed by atoms with Crippen molar-refractivity contribution in [3.8, 4) is 17.5 Å². The van der Waals surface area contributed by atoms with Crippen LogP contribution in [0.25, 0.3) is 27.9 Å². The molecule has 1 atom stereocenters. The highest BCUT2D eigenvalue weighted by molar-refractivity contribution is 5.96. The zero-order valence-corrected chi connectivity index (χ0v) is 15.4. The van der Waals surface area contributed by atoms with Crippen molar-refractivity contribution in [3.05, 3.63) is 36.2 Å². The summed E-state index contributed by atoms with van der Waals surface area (Å²) in [6.45, 7) is 0.671. The molecule has 0 spiro atoms. The van der Waals surface area contributed by atoms with Gasteiger partial charge in [-0.3, -0.25) is 9.89 Å². The van der Waals surface area contributed by atoms with Crippen molar-refractivity contribution in [2.24, 2.45) is 0 Å². The van der Waals surface area contributed by atoms with Crippen LogP contribution in [0.15, 0.2) is 30.6 Å². The number of hydrogen-bond donors (Lipinski definition) is 3. The predicted molar refractivity (Wildman–Crippen MR) is 105 cm³/mol. The van der Waals surface area contributed by atoms with Crippen molar-refractivity contribution in [3.63, 3.8) is 0 Å². The number of nitrogens with zero attached hydrogens (tertiary/aromatic N) is 6. The van der Waals surface area contributed by atoms with Crippen molar-refractivity contribution in [2.45, 2.75) is 25.3 Å². The van der Waals surface area contributed by atoms with Gasteiger partial charge >= 0.3 is 0 Å². The molecule has 1 aliphatic rings. The molecule has 0 radical (unpaired) electrons. The average Bonchev–Trinajstić information content (AvgIpc) is 3.38. The standard InChI is InChI=1S/C19H17N9O/c20-8-11-4-3-5-13-15(11)25-19(24-14-6-1-2-7-21-18(14)29)28-17(13)26-16(27-28)12-9-22-23-10-12/h3-5,9-10,14H,1-2,6-7H2,(H,21,29)(H,22,23)(H,24,25). The maximum absolute atomic E-state index is 12.4. The smallest absolute Gasteiger partial charge is 0.242 e. The average molecular weight is 387 g/mol. The quantitative estimate of drug-likeness (QED) is 0.486. The van der Waals surface area contributed by atoms with Crippen LogP contribution >= 0.6 is 0 Å². The van der Waals surface area contributed by atoms with Gasteiger partial charge in [-0.2, -0.15) is 14.9 Å². The SMILES string of the molecule is N#Cc1cccc2c1nc(NC1CCCCNC1=O)n1nc(-c3cn[nH]c3)nc21. The van der Waals surface area contributed by atoms with Crippen LogP contribution in [0.1, 0.15) is 24.8 Å². The fourth-order valence-electron chi connectivity index (χ4n) is 3.54. The van der Waals surface area contributed by atoms with Crippen LogP contribution in [0.3, 0.4) is 0 Å². The number of anilines is 1. The molecular formula is C19H17N9O. The molecule has 29 heavy (non-hydrogen) atoms. The van der Waals surface area contributed by atoms with E-state index in [9.17, 15) is 10.1 Å². The molecular weight excluding hydrogens is 370 g/mol. The minimum absolute atomic E-state index is 0.0683. The minimum Gasteiger partial charge on any atom is -0.354 e. The first-order valence-electron chi connectivity index (χ1n) is 9.37. The Bertz CT molecular complexity index is 1250. The van der Waals surface area contributed by atoms with Crippen molar-refractivity contribution in [1.29, 1.82) is 5.26 Å². The van der Waals surface area contributed by atoms with Crippen LogP contribution in [0.2, 0.25) is 0 Å². The second-order valence-corrected chi connectivity index (χ2v) is 6.89. The summed E-state index contributed by atoms with van der Waals surface area (Å²) >= 11 is 0. The molecule has 3 aromatic heterocycles. The molecule has 10 nitrogen and oxygen atoms in total. The summed E-state index contributed by atoms with van der Waals surface area (Å²) < 4.78 is 1.59. The molecule has 0 saturated carbocycles. The first-order chi connectivity index (χ1) is 14.2. The summed E-state index contributed by atoms with van der Waals surface area (Å²) in [6, 6.07) is 7.11. The van der Waals surface area contributed by atoms with Crippen molar-refractivity contribution < 1.29 is 4.79 Å². The fraction of sp³-hybridized carbons (Fsp3) is 0.263. The van der Waals surface area contributed by atoms with Crippen LogP contribution in [0.4, 0.5) is 5.95 Å². The number of carbonyl (C=O) groups is 1. The third-order valence-electron chi connectivity index (χ3n) is 5.02. The largest absolute Gasteiger partial charge is 0.354 e. The topological polar surface area (TPSA) is 137 Å². The van der Waals surface area contributed by atoms with Gasteiger partial charge in [0.05, 0.1) is 22.8 Å². The van der Waals surface area contributed by atoms with E-state index in [0.717, 1.165) is 18.4 Å². The highest BCUT2D eigenvalue weighted by Gasteiger charge is 2.24. The van der Waals surface area contributed by atoms with Gasteiger partial charge in [0.25, 0.3) is 0 Å². The van der Waals surface area contributed by atoms with Crippen LogP contribution < -0.4 is 10.6 Å². The second-order valence-electron chi connectivity index (χ2n) is 6.89. The number of rotatable bonds is 3. The van der Waals surface area contributed by atoms with Crippen molar-refractivity contribution >= 4 is 28.4 Å². The summed E-state index contributed by atoms with van der Waals surface area (Å²) in [4.78, 5) is 21.7. The Balaban J connectivity index is 1.72. The van der Waals surface area contributed by atoms with Gasteiger partial charge in [0.1, 0.15) is 12.1 Å². The van der Waals surface area contributed by atoms with E-state index in [1.54, 1.807) is 29.0 Å². The molecule has 1 unspecified atom stereocenters. The molecule has 1 saturated heterocycles. The number of nitriles is 1. The van der Waals surface area contributed by atoms with E-state index in [2.05, 4.69) is 42.0 Å². The number of carbonyl (C=O) groups excluding carboxylic acids is 1. The second kappa shape index (κ2) is 6.87. The maximum Gasteiger partial charge on any atom is 0.242 e. The third-order valence-corrected chi connectivity index (χ3v) is 5.02. The van der Waals surface area contributed by atoms with Crippen LogP contribution in [-0.2, 0) is 4.79 Å². The van der Waals surface area contributed by atoms with Crippen LogP contribution in [-0.4, -0.2) is 48.3 Å². The zero-order chi connectivity index (χ0) is 19.8. The van der Waals surface area contributed by atoms with E-state index in [4.69, 9.17) is 0 Å². The molecule has 1 fully saturated rings. The summed E-state index contributed by atoms with van der Waals surface area (Å²) in [5.41, 5.74) is 2.24. The van der Waals surface area contributed by atoms with E-state index in [-0.39, 0.29) is 5.91 Å². The Morgan fingerprint density at radius 3 is 3.03 bits per heavy atom. The van der Waals surface area contributed by atoms with Crippen LogP contribution in [0, 0.1) is 11.3 Å². The Morgan fingerprint density at radius 1 is 1.28 bits per heavy atom. The number of amides is 1. The van der Waals surface area contributed by atoms with Crippen molar-refractivity contribution in [1.82, 2.24) is 35.1 Å². The van der Waals surface area contributed by atoms with Gasteiger partial charge < -0.3 is 10.6 Å². The van der Waals surface area contributed by atoms with Gasteiger partial charge in [0.15, 0.2) is 11.5 Å². The Hall–Kier alpha value is -4.00. The molecule has 144 valence electrons. The number of benzene rings is 1. The van der Waals surface area contributed by atoms with Gasteiger partial charge in [-0.1, -0.05) is 6.07 Å². The number of hydrogen-bond acceptors (Lipinski definition) is 7. The van der Waals surface area contributed by atoms with E-state index < -0.39 is 6.04 Å². The molecule has 0 aliphatic carbocycles. The lowest BCUT2D eigenvalue weighted by Crippen LogP contribution is -2.38. The first-order valence-corrected chi connectivity index (χ1v) is 9.37. The Labute approximate surface area is 165 Å². The third kappa shape index (κ3) is 2.93.